The van der Waals surface area contributed by atoms with Crippen LogP contribution in [0.4, 0.5) is 0 Å². The molecule has 1 atom stereocenters. The average Bonchev–Trinajstić information content (AvgIpc) is 2.67. The van der Waals surface area contributed by atoms with Gasteiger partial charge in [0.15, 0.2) is 5.58 Å². The van der Waals surface area contributed by atoms with E-state index in [9.17, 15) is 4.79 Å². The van der Waals surface area contributed by atoms with Crippen LogP contribution in [0.1, 0.15) is 13.8 Å². The summed E-state index contributed by atoms with van der Waals surface area (Å²) in [5.41, 5.74) is 6.75. The number of rotatable bonds is 2. The van der Waals surface area contributed by atoms with Crippen molar-refractivity contribution in [1.29, 1.82) is 0 Å². The van der Waals surface area contributed by atoms with E-state index in [2.05, 4.69) is 17.6 Å². The molecule has 2 rings (SSSR count). The van der Waals surface area contributed by atoms with E-state index in [1.807, 2.05) is 24.3 Å². The smallest absolute Gasteiger partial charge is 0.321 e. The Bertz CT molecular complexity index is 532. The molecule has 0 saturated carbocycles. The van der Waals surface area contributed by atoms with Crippen LogP contribution < -0.4 is 5.73 Å². The summed E-state index contributed by atoms with van der Waals surface area (Å²) in [6, 6.07) is 6.55. The Labute approximate surface area is 121 Å². The molecule has 1 aromatic carbocycles. The normalized spacial score (nSPS) is 12.7. The first-order valence-electron chi connectivity index (χ1n) is 5.43. The number of carboxylic acids is 1. The third kappa shape index (κ3) is 4.74. The lowest BCUT2D eigenvalue weighted by Gasteiger charge is -2.21. The number of carboxylic acid groups (broad SMARTS) is 1. The second-order valence-corrected chi connectivity index (χ2v) is 5.88. The summed E-state index contributed by atoms with van der Waals surface area (Å²) in [7, 11) is 0. The minimum absolute atomic E-state index is 0.196. The van der Waals surface area contributed by atoms with Crippen molar-refractivity contribution >= 4 is 41.3 Å². The number of thiol groups is 1. The van der Waals surface area contributed by atoms with E-state index in [1.165, 1.54) is 0 Å². The zero-order chi connectivity index (χ0) is 14.6. The number of hydrogen-bond acceptors (Lipinski definition) is 5. The number of halogens is 1. The molecule has 7 heteroatoms. The van der Waals surface area contributed by atoms with E-state index in [-0.39, 0.29) is 5.35 Å². The molecule has 3 N–H and O–H groups in total. The molecule has 0 amide bonds. The zero-order valence-corrected chi connectivity index (χ0v) is 12.2. The summed E-state index contributed by atoms with van der Waals surface area (Å²) in [6.45, 7) is 3.32. The van der Waals surface area contributed by atoms with Crippen molar-refractivity contribution in [3.05, 3.63) is 29.6 Å². The number of nitrogens with two attached hydrogens (primary N) is 1. The number of para-hydroxylation sites is 2. The van der Waals surface area contributed by atoms with Gasteiger partial charge in [-0.15, -0.1) is 0 Å². The van der Waals surface area contributed by atoms with Crippen molar-refractivity contribution in [3.8, 4) is 0 Å². The van der Waals surface area contributed by atoms with E-state index >= 15 is 0 Å². The first-order valence-corrected chi connectivity index (χ1v) is 6.26. The van der Waals surface area contributed by atoms with Gasteiger partial charge in [-0.1, -0.05) is 12.1 Å². The van der Waals surface area contributed by atoms with Crippen molar-refractivity contribution in [2.45, 2.75) is 24.6 Å². The molecule has 5 nitrogen and oxygen atoms in total. The zero-order valence-electron chi connectivity index (χ0n) is 10.5. The lowest BCUT2D eigenvalue weighted by molar-refractivity contribution is -0.139. The van der Waals surface area contributed by atoms with Crippen LogP contribution in [0, 0.1) is 0 Å². The van der Waals surface area contributed by atoms with Gasteiger partial charge in [-0.05, 0) is 37.6 Å². The predicted molar refractivity (Wildman–Crippen MR) is 77.7 cm³/mol. The minimum atomic E-state index is -1.02. The summed E-state index contributed by atoms with van der Waals surface area (Å²) >= 11 is 9.49. The van der Waals surface area contributed by atoms with Gasteiger partial charge in [-0.2, -0.15) is 17.6 Å². The number of aliphatic carboxylic acids is 1. The number of hydrogen-bond donors (Lipinski definition) is 3. The van der Waals surface area contributed by atoms with E-state index in [0.29, 0.717) is 0 Å². The number of benzene rings is 1. The lowest BCUT2D eigenvalue weighted by atomic mass is 10.1. The third-order valence-electron chi connectivity index (χ3n) is 2.29. The maximum absolute atomic E-state index is 10.2. The number of oxazole rings is 1. The second kappa shape index (κ2) is 6.27. The third-order valence-corrected chi connectivity index (χ3v) is 2.73. The number of carbonyl (C=O) groups is 1. The van der Waals surface area contributed by atoms with Crippen LogP contribution in [0.15, 0.2) is 28.7 Å². The second-order valence-electron chi connectivity index (χ2n) is 4.40. The van der Waals surface area contributed by atoms with Crippen molar-refractivity contribution in [2.75, 3.05) is 0 Å². The first kappa shape index (κ1) is 15.8. The fourth-order valence-corrected chi connectivity index (χ4v) is 1.43. The van der Waals surface area contributed by atoms with Gasteiger partial charge in [0, 0.05) is 4.75 Å². The van der Waals surface area contributed by atoms with Crippen LogP contribution in [0.25, 0.3) is 11.1 Å². The molecule has 0 saturated heterocycles. The Morgan fingerprint density at radius 1 is 1.53 bits per heavy atom. The Hall–Kier alpha value is -1.24. The van der Waals surface area contributed by atoms with Crippen molar-refractivity contribution in [3.63, 3.8) is 0 Å². The average molecular weight is 303 g/mol. The van der Waals surface area contributed by atoms with Crippen LogP contribution in [0.3, 0.4) is 0 Å². The standard InChI is InChI=1S/C7H4ClNO.C5H11NO2S/c8-7-9-5-3-1-2-4-6(5)10-7;1-5(2,9)3(6)4(7)8/h1-4H;3,9H,6H2,1-2H3,(H,7,8). The van der Waals surface area contributed by atoms with Crippen LogP contribution in [0.2, 0.25) is 5.35 Å². The van der Waals surface area contributed by atoms with Crippen molar-refractivity contribution in [2.24, 2.45) is 5.73 Å². The predicted octanol–water partition coefficient (Wildman–Crippen LogP) is 2.59. The number of fused-ring (bicyclic) bond motifs is 1. The molecule has 0 spiro atoms. The number of nitrogens with zero attached hydrogens (tertiary/aromatic N) is 1. The summed E-state index contributed by atoms with van der Waals surface area (Å²) in [5, 5.41) is 8.54. The molecular formula is C12H15ClN2O3S. The van der Waals surface area contributed by atoms with Gasteiger partial charge in [0.25, 0.3) is 5.35 Å². The molecule has 1 heterocycles. The van der Waals surface area contributed by atoms with E-state index in [1.54, 1.807) is 13.8 Å². The molecule has 0 radical (unpaired) electrons. The fraction of sp³-hybridized carbons (Fsp3) is 0.333. The van der Waals surface area contributed by atoms with Gasteiger partial charge in [0.1, 0.15) is 11.6 Å². The summed E-state index contributed by atoms with van der Waals surface area (Å²) < 4.78 is 4.38. The van der Waals surface area contributed by atoms with Crippen LogP contribution in [-0.2, 0) is 4.79 Å². The van der Waals surface area contributed by atoms with Crippen LogP contribution in [0.5, 0.6) is 0 Å². The van der Waals surface area contributed by atoms with Gasteiger partial charge in [0.2, 0.25) is 0 Å². The summed E-state index contributed by atoms with van der Waals surface area (Å²) in [6.07, 6.45) is 0. The van der Waals surface area contributed by atoms with E-state index < -0.39 is 16.8 Å². The van der Waals surface area contributed by atoms with Gasteiger partial charge >= 0.3 is 5.97 Å². The lowest BCUT2D eigenvalue weighted by Crippen LogP contribution is -2.45. The van der Waals surface area contributed by atoms with Gasteiger partial charge in [-0.3, -0.25) is 4.79 Å². The highest BCUT2D eigenvalue weighted by atomic mass is 35.5. The van der Waals surface area contributed by atoms with Crippen LogP contribution in [-0.4, -0.2) is 26.8 Å². The Balaban J connectivity index is 0.000000192. The Morgan fingerprint density at radius 3 is 2.53 bits per heavy atom. The molecule has 1 unspecified atom stereocenters. The Morgan fingerprint density at radius 2 is 2.11 bits per heavy atom. The topological polar surface area (TPSA) is 89.4 Å². The quantitative estimate of drug-likeness (QED) is 0.742. The molecular weight excluding hydrogens is 288 g/mol. The summed E-state index contributed by atoms with van der Waals surface area (Å²) in [5.74, 6) is -1.02. The molecule has 2 aromatic rings. The fourth-order valence-electron chi connectivity index (χ4n) is 1.15. The molecule has 0 aliphatic carbocycles. The highest BCUT2D eigenvalue weighted by Gasteiger charge is 2.27. The highest BCUT2D eigenvalue weighted by molar-refractivity contribution is 7.81. The highest BCUT2D eigenvalue weighted by Crippen LogP contribution is 2.17. The van der Waals surface area contributed by atoms with Gasteiger partial charge in [-0.25, -0.2) is 0 Å². The molecule has 0 aliphatic rings. The monoisotopic (exact) mass is 302 g/mol. The molecule has 1 aromatic heterocycles. The molecule has 0 aliphatic heterocycles. The minimum Gasteiger partial charge on any atom is -0.480 e. The SMILES string of the molecule is CC(C)(S)C(N)C(=O)O.Clc1nc2ccccc2o1. The summed E-state index contributed by atoms with van der Waals surface area (Å²) in [4.78, 5) is 14.1. The van der Waals surface area contributed by atoms with Gasteiger partial charge < -0.3 is 15.3 Å². The molecule has 0 bridgehead atoms. The molecule has 0 fully saturated rings. The maximum atomic E-state index is 10.2. The number of aromatic nitrogens is 1. The largest absolute Gasteiger partial charge is 0.480 e. The van der Waals surface area contributed by atoms with Crippen molar-refractivity contribution in [1.82, 2.24) is 4.98 Å². The first-order chi connectivity index (χ1) is 8.71. The van der Waals surface area contributed by atoms with Crippen molar-refractivity contribution < 1.29 is 14.3 Å². The molecule has 104 valence electrons. The van der Waals surface area contributed by atoms with Gasteiger partial charge in [0.05, 0.1) is 0 Å². The maximum Gasteiger partial charge on any atom is 0.321 e. The van der Waals surface area contributed by atoms with E-state index in [4.69, 9.17) is 26.9 Å². The van der Waals surface area contributed by atoms with E-state index in [0.717, 1.165) is 11.1 Å². The van der Waals surface area contributed by atoms with Crippen LogP contribution >= 0.6 is 24.2 Å². The molecule has 19 heavy (non-hydrogen) atoms. The Kier molecular flexibility index (Phi) is 5.22.